The van der Waals surface area contributed by atoms with Crippen molar-refractivity contribution in [3.8, 4) is 0 Å². The van der Waals surface area contributed by atoms with Gasteiger partial charge >= 0.3 is 0 Å². The van der Waals surface area contributed by atoms with Crippen LogP contribution in [-0.4, -0.2) is 36.6 Å². The van der Waals surface area contributed by atoms with E-state index in [-0.39, 0.29) is 17.7 Å². The quantitative estimate of drug-likeness (QED) is 0.857. The van der Waals surface area contributed by atoms with Gasteiger partial charge in [-0.15, -0.1) is 11.3 Å². The van der Waals surface area contributed by atoms with E-state index >= 15 is 0 Å². The molecule has 1 N–H and O–H groups in total. The summed E-state index contributed by atoms with van der Waals surface area (Å²) in [5, 5.41) is 6.20. The van der Waals surface area contributed by atoms with E-state index in [1.807, 2.05) is 19.2 Å². The molecule has 0 spiro atoms. The van der Waals surface area contributed by atoms with Gasteiger partial charge in [0, 0.05) is 17.1 Å². The number of hydrogen-bond donors (Lipinski definition) is 1. The smallest absolute Gasteiger partial charge is 0.146 e. The first-order chi connectivity index (χ1) is 8.20. The lowest BCUT2D eigenvalue weighted by molar-refractivity contribution is -0.122. The van der Waals surface area contributed by atoms with E-state index < -0.39 is 0 Å². The van der Waals surface area contributed by atoms with Gasteiger partial charge in [-0.2, -0.15) is 0 Å². The number of likely N-dealkylation sites (N-methyl/N-ethyl adjacent to an activating group) is 1. The summed E-state index contributed by atoms with van der Waals surface area (Å²) in [7, 11) is 0. The monoisotopic (exact) mass is 254 g/mol. The molecule has 1 saturated heterocycles. The standard InChI is InChI=1S/C12H18N2O2S/c1-3-13-10-6-16-5-9(10)11(15)4-12-14-8(2)7-17-12/h7,9-10,13H,3-6H2,1-2H3. The summed E-state index contributed by atoms with van der Waals surface area (Å²) in [6, 6.07) is 0.175. The Hall–Kier alpha value is -0.780. The SMILES string of the molecule is CCNC1COCC1C(=O)Cc1nc(C)cs1. The molecule has 1 aromatic rings. The fourth-order valence-corrected chi connectivity index (χ4v) is 2.88. The molecule has 4 nitrogen and oxygen atoms in total. The summed E-state index contributed by atoms with van der Waals surface area (Å²) in [5.41, 5.74) is 0.990. The second kappa shape index (κ2) is 5.71. The van der Waals surface area contributed by atoms with Crippen molar-refractivity contribution in [1.82, 2.24) is 10.3 Å². The number of ketones is 1. The van der Waals surface area contributed by atoms with Gasteiger partial charge in [-0.25, -0.2) is 4.98 Å². The lowest BCUT2D eigenvalue weighted by Crippen LogP contribution is -2.39. The summed E-state index contributed by atoms with van der Waals surface area (Å²) in [6.45, 7) is 6.05. The van der Waals surface area contributed by atoms with Gasteiger partial charge in [0.1, 0.15) is 10.8 Å². The number of thiazole rings is 1. The van der Waals surface area contributed by atoms with Crippen molar-refractivity contribution < 1.29 is 9.53 Å². The average Bonchev–Trinajstić information content (AvgIpc) is 2.88. The van der Waals surface area contributed by atoms with Gasteiger partial charge < -0.3 is 10.1 Å². The number of ether oxygens (including phenoxy) is 1. The van der Waals surface area contributed by atoms with Gasteiger partial charge in [0.15, 0.2) is 0 Å². The number of aromatic nitrogens is 1. The number of carbonyl (C=O) groups excluding carboxylic acids is 1. The van der Waals surface area contributed by atoms with Crippen molar-refractivity contribution in [1.29, 1.82) is 0 Å². The maximum Gasteiger partial charge on any atom is 0.146 e. The number of nitrogens with one attached hydrogen (secondary N) is 1. The maximum atomic E-state index is 12.2. The van der Waals surface area contributed by atoms with Crippen molar-refractivity contribution in [2.45, 2.75) is 26.3 Å². The fraction of sp³-hybridized carbons (Fsp3) is 0.667. The lowest BCUT2D eigenvalue weighted by atomic mass is 9.96. The molecule has 0 aliphatic carbocycles. The Labute approximate surface area is 105 Å². The normalized spacial score (nSPS) is 24.1. The summed E-state index contributed by atoms with van der Waals surface area (Å²) in [4.78, 5) is 16.5. The second-order valence-corrected chi connectivity index (χ2v) is 5.28. The molecule has 1 aromatic heterocycles. The third-order valence-corrected chi connectivity index (χ3v) is 3.92. The number of Topliss-reactive ketones (excluding diaryl/α,β-unsaturated/α-hetero) is 1. The Kier molecular flexibility index (Phi) is 4.25. The molecule has 0 saturated carbocycles. The van der Waals surface area contributed by atoms with Gasteiger partial charge in [-0.1, -0.05) is 6.92 Å². The molecular weight excluding hydrogens is 236 g/mol. The molecule has 17 heavy (non-hydrogen) atoms. The van der Waals surface area contributed by atoms with E-state index in [1.165, 1.54) is 0 Å². The van der Waals surface area contributed by atoms with Crippen LogP contribution in [0, 0.1) is 12.8 Å². The minimum absolute atomic E-state index is 0.0147. The Bertz CT molecular complexity index is 392. The zero-order valence-corrected chi connectivity index (χ0v) is 11.0. The topological polar surface area (TPSA) is 51.2 Å². The number of nitrogens with zero attached hydrogens (tertiary/aromatic N) is 1. The van der Waals surface area contributed by atoms with Crippen molar-refractivity contribution in [2.75, 3.05) is 19.8 Å². The summed E-state index contributed by atoms with van der Waals surface area (Å²) < 4.78 is 5.39. The first-order valence-corrected chi connectivity index (χ1v) is 6.83. The Balaban J connectivity index is 1.95. The highest BCUT2D eigenvalue weighted by Gasteiger charge is 2.33. The van der Waals surface area contributed by atoms with Gasteiger partial charge in [0.2, 0.25) is 0 Å². The molecule has 94 valence electrons. The molecule has 2 atom stereocenters. The minimum atomic E-state index is -0.0147. The van der Waals surface area contributed by atoms with Crippen LogP contribution in [0.25, 0.3) is 0 Å². The molecular formula is C12H18N2O2S. The van der Waals surface area contributed by atoms with Crippen molar-refractivity contribution in [3.05, 3.63) is 16.1 Å². The van der Waals surface area contributed by atoms with E-state index in [1.54, 1.807) is 11.3 Å². The highest BCUT2D eigenvalue weighted by Crippen LogP contribution is 2.18. The second-order valence-electron chi connectivity index (χ2n) is 4.33. The van der Waals surface area contributed by atoms with Crippen LogP contribution in [-0.2, 0) is 16.0 Å². The summed E-state index contributed by atoms with van der Waals surface area (Å²) in [6.07, 6.45) is 0.439. The third-order valence-electron chi connectivity index (χ3n) is 2.95. The van der Waals surface area contributed by atoms with Crippen LogP contribution in [0.4, 0.5) is 0 Å². The molecule has 1 aliphatic rings. The molecule has 0 bridgehead atoms. The van der Waals surface area contributed by atoms with Gasteiger partial charge in [0.25, 0.3) is 0 Å². The largest absolute Gasteiger partial charge is 0.379 e. The first-order valence-electron chi connectivity index (χ1n) is 5.95. The predicted molar refractivity (Wildman–Crippen MR) is 67.3 cm³/mol. The Morgan fingerprint density at radius 1 is 1.65 bits per heavy atom. The molecule has 0 amide bonds. The summed E-state index contributed by atoms with van der Waals surface area (Å²) in [5.74, 6) is 0.224. The molecule has 5 heteroatoms. The molecule has 2 unspecified atom stereocenters. The van der Waals surface area contributed by atoms with Crippen molar-refractivity contribution in [3.63, 3.8) is 0 Å². The molecule has 2 rings (SSSR count). The maximum absolute atomic E-state index is 12.2. The van der Waals surface area contributed by atoms with E-state index in [9.17, 15) is 4.79 Å². The van der Waals surface area contributed by atoms with Crippen LogP contribution in [0.2, 0.25) is 0 Å². The summed E-state index contributed by atoms with van der Waals surface area (Å²) >= 11 is 1.56. The number of hydrogen-bond acceptors (Lipinski definition) is 5. The van der Waals surface area contributed by atoms with E-state index in [4.69, 9.17) is 4.74 Å². The van der Waals surface area contributed by atoms with Crippen molar-refractivity contribution in [2.24, 2.45) is 5.92 Å². The average molecular weight is 254 g/mol. The molecule has 0 aromatic carbocycles. The van der Waals surface area contributed by atoms with Crippen LogP contribution >= 0.6 is 11.3 Å². The molecule has 1 aliphatic heterocycles. The van der Waals surface area contributed by atoms with E-state index in [0.717, 1.165) is 17.2 Å². The highest BCUT2D eigenvalue weighted by molar-refractivity contribution is 7.09. The lowest BCUT2D eigenvalue weighted by Gasteiger charge is -2.16. The molecule has 2 heterocycles. The molecule has 0 radical (unpaired) electrons. The van der Waals surface area contributed by atoms with Gasteiger partial charge in [-0.05, 0) is 13.5 Å². The van der Waals surface area contributed by atoms with Gasteiger partial charge in [-0.3, -0.25) is 4.79 Å². The first kappa shape index (κ1) is 12.7. The fourth-order valence-electron chi connectivity index (χ4n) is 2.10. The minimum Gasteiger partial charge on any atom is -0.379 e. The Morgan fingerprint density at radius 2 is 2.47 bits per heavy atom. The zero-order chi connectivity index (χ0) is 12.3. The van der Waals surface area contributed by atoms with Crippen LogP contribution in [0.5, 0.6) is 0 Å². The van der Waals surface area contributed by atoms with Crippen LogP contribution in [0.15, 0.2) is 5.38 Å². The van der Waals surface area contributed by atoms with Crippen LogP contribution in [0.1, 0.15) is 17.6 Å². The third kappa shape index (κ3) is 3.12. The van der Waals surface area contributed by atoms with Crippen LogP contribution < -0.4 is 5.32 Å². The number of carbonyl (C=O) groups is 1. The Morgan fingerprint density at radius 3 is 3.12 bits per heavy atom. The van der Waals surface area contributed by atoms with Crippen LogP contribution in [0.3, 0.4) is 0 Å². The number of rotatable bonds is 5. The predicted octanol–water partition coefficient (Wildman–Crippen LogP) is 1.19. The van der Waals surface area contributed by atoms with Gasteiger partial charge in [0.05, 0.1) is 25.6 Å². The van der Waals surface area contributed by atoms with E-state index in [0.29, 0.717) is 19.6 Å². The highest BCUT2D eigenvalue weighted by atomic mass is 32.1. The zero-order valence-electron chi connectivity index (χ0n) is 10.2. The van der Waals surface area contributed by atoms with Crippen molar-refractivity contribution >= 4 is 17.1 Å². The number of aryl methyl sites for hydroxylation is 1. The molecule has 1 fully saturated rings. The van der Waals surface area contributed by atoms with E-state index in [2.05, 4.69) is 10.3 Å².